The number of aromatic nitrogens is 1. The number of pyridine rings is 1. The highest BCUT2D eigenvalue weighted by Crippen LogP contribution is 2.15. The maximum Gasteiger partial charge on any atom is 0.128 e. The van der Waals surface area contributed by atoms with Crippen LogP contribution >= 0.6 is 0 Å². The zero-order valence-corrected chi connectivity index (χ0v) is 12.6. The predicted octanol–water partition coefficient (Wildman–Crippen LogP) is 3.36. The zero-order valence-electron chi connectivity index (χ0n) is 12.6. The summed E-state index contributed by atoms with van der Waals surface area (Å²) in [5.41, 5.74) is 2.15. The summed E-state index contributed by atoms with van der Waals surface area (Å²) in [6.45, 7) is 4.64. The smallest absolute Gasteiger partial charge is 0.128 e. The van der Waals surface area contributed by atoms with Gasteiger partial charge in [-0.3, -0.25) is 0 Å². The van der Waals surface area contributed by atoms with Crippen LogP contribution in [0.3, 0.4) is 0 Å². The molecule has 1 N–H and O–H groups in total. The van der Waals surface area contributed by atoms with Crippen LogP contribution in [0, 0.1) is 5.82 Å². The molecule has 0 aliphatic heterocycles. The number of nitrogens with zero attached hydrogens (tertiary/aromatic N) is 2. The van der Waals surface area contributed by atoms with Crippen molar-refractivity contribution >= 4 is 5.82 Å². The van der Waals surface area contributed by atoms with Gasteiger partial charge in [0.05, 0.1) is 0 Å². The predicted molar refractivity (Wildman–Crippen MR) is 84.7 cm³/mol. The van der Waals surface area contributed by atoms with Crippen molar-refractivity contribution in [1.82, 2.24) is 10.3 Å². The van der Waals surface area contributed by atoms with E-state index in [0.29, 0.717) is 6.54 Å². The highest BCUT2D eigenvalue weighted by Gasteiger charge is 2.05. The van der Waals surface area contributed by atoms with Crippen molar-refractivity contribution in [3.8, 4) is 0 Å². The van der Waals surface area contributed by atoms with Crippen molar-refractivity contribution < 1.29 is 4.39 Å². The summed E-state index contributed by atoms with van der Waals surface area (Å²) < 4.78 is 13.2. The number of hydrogen-bond acceptors (Lipinski definition) is 3. The highest BCUT2D eigenvalue weighted by atomic mass is 19.1. The van der Waals surface area contributed by atoms with Gasteiger partial charge in [0.1, 0.15) is 11.6 Å². The van der Waals surface area contributed by atoms with Crippen LogP contribution in [-0.4, -0.2) is 18.6 Å². The van der Waals surface area contributed by atoms with Crippen molar-refractivity contribution in [2.45, 2.75) is 26.4 Å². The molecule has 112 valence electrons. The Morgan fingerprint density at radius 3 is 2.81 bits per heavy atom. The summed E-state index contributed by atoms with van der Waals surface area (Å²) in [7, 11) is 1.97. The SMILES string of the molecule is CCCNCc1ccnc(N(C)Cc2cccc(F)c2)c1. The molecular weight excluding hydrogens is 265 g/mol. The van der Waals surface area contributed by atoms with Gasteiger partial charge in [0, 0.05) is 26.3 Å². The minimum atomic E-state index is -0.202. The summed E-state index contributed by atoms with van der Waals surface area (Å²) in [6.07, 6.45) is 2.94. The van der Waals surface area contributed by atoms with Gasteiger partial charge in [0.2, 0.25) is 0 Å². The number of hydrogen-bond donors (Lipinski definition) is 1. The molecule has 0 saturated heterocycles. The molecule has 0 bridgehead atoms. The van der Waals surface area contributed by atoms with Gasteiger partial charge in [-0.05, 0) is 48.4 Å². The number of halogens is 1. The lowest BCUT2D eigenvalue weighted by atomic mass is 10.2. The second kappa shape index (κ2) is 7.74. The summed E-state index contributed by atoms with van der Waals surface area (Å²) in [5.74, 6) is 0.696. The first-order valence-corrected chi connectivity index (χ1v) is 7.30. The molecule has 2 aromatic rings. The average molecular weight is 287 g/mol. The molecule has 1 heterocycles. The van der Waals surface area contributed by atoms with Crippen molar-refractivity contribution in [1.29, 1.82) is 0 Å². The van der Waals surface area contributed by atoms with E-state index in [-0.39, 0.29) is 5.82 Å². The zero-order chi connectivity index (χ0) is 15.1. The topological polar surface area (TPSA) is 28.2 Å². The number of benzene rings is 1. The van der Waals surface area contributed by atoms with Gasteiger partial charge in [-0.1, -0.05) is 19.1 Å². The van der Waals surface area contributed by atoms with Gasteiger partial charge in [0.25, 0.3) is 0 Å². The number of rotatable bonds is 7. The van der Waals surface area contributed by atoms with Crippen LogP contribution in [0.1, 0.15) is 24.5 Å². The molecule has 1 aromatic carbocycles. The molecule has 0 unspecified atom stereocenters. The Hall–Kier alpha value is -1.94. The molecule has 0 aliphatic rings. The lowest BCUT2D eigenvalue weighted by Crippen LogP contribution is -2.19. The fraction of sp³-hybridized carbons (Fsp3) is 0.353. The monoisotopic (exact) mass is 287 g/mol. The molecule has 3 nitrogen and oxygen atoms in total. The second-order valence-electron chi connectivity index (χ2n) is 5.19. The van der Waals surface area contributed by atoms with E-state index in [1.54, 1.807) is 12.1 Å². The number of nitrogens with one attached hydrogen (secondary N) is 1. The standard InChI is InChI=1S/C17H22FN3/c1-3-8-19-12-14-7-9-20-17(11-14)21(2)13-15-5-4-6-16(18)10-15/h4-7,9-11,19H,3,8,12-13H2,1-2H3. The van der Waals surface area contributed by atoms with Crippen LogP contribution in [0.2, 0.25) is 0 Å². The summed E-state index contributed by atoms with van der Waals surface area (Å²) >= 11 is 0. The maximum atomic E-state index is 13.2. The molecule has 0 aliphatic carbocycles. The van der Waals surface area contributed by atoms with Crippen LogP contribution < -0.4 is 10.2 Å². The minimum Gasteiger partial charge on any atom is -0.355 e. The van der Waals surface area contributed by atoms with Crippen LogP contribution in [0.25, 0.3) is 0 Å². The van der Waals surface area contributed by atoms with Crippen molar-refractivity contribution in [3.05, 3.63) is 59.5 Å². The normalized spacial score (nSPS) is 10.6. The molecule has 21 heavy (non-hydrogen) atoms. The third kappa shape index (κ3) is 4.83. The Bertz CT molecular complexity index is 571. The summed E-state index contributed by atoms with van der Waals surface area (Å²) in [5, 5.41) is 3.38. The molecule has 0 radical (unpaired) electrons. The number of anilines is 1. The fourth-order valence-electron chi connectivity index (χ4n) is 2.18. The van der Waals surface area contributed by atoms with Gasteiger partial charge in [-0.2, -0.15) is 0 Å². The van der Waals surface area contributed by atoms with E-state index in [1.807, 2.05) is 30.3 Å². The third-order valence-corrected chi connectivity index (χ3v) is 3.27. The van der Waals surface area contributed by atoms with Gasteiger partial charge in [0.15, 0.2) is 0 Å². The Kier molecular flexibility index (Phi) is 5.69. The molecular formula is C17H22FN3. The lowest BCUT2D eigenvalue weighted by molar-refractivity contribution is 0.625. The van der Waals surface area contributed by atoms with Crippen LogP contribution in [0.4, 0.5) is 10.2 Å². The van der Waals surface area contributed by atoms with Gasteiger partial charge in [-0.25, -0.2) is 9.37 Å². The van der Waals surface area contributed by atoms with E-state index in [0.717, 1.165) is 30.9 Å². The highest BCUT2D eigenvalue weighted by molar-refractivity contribution is 5.41. The summed E-state index contributed by atoms with van der Waals surface area (Å²) in [4.78, 5) is 6.42. The minimum absolute atomic E-state index is 0.202. The molecule has 0 fully saturated rings. The Morgan fingerprint density at radius 1 is 1.19 bits per heavy atom. The maximum absolute atomic E-state index is 13.2. The second-order valence-corrected chi connectivity index (χ2v) is 5.19. The Balaban J connectivity index is 2.01. The van der Waals surface area contributed by atoms with Crippen LogP contribution in [-0.2, 0) is 13.1 Å². The summed E-state index contributed by atoms with van der Waals surface area (Å²) in [6, 6.07) is 10.8. The fourth-order valence-corrected chi connectivity index (χ4v) is 2.18. The van der Waals surface area contributed by atoms with E-state index >= 15 is 0 Å². The lowest BCUT2D eigenvalue weighted by Gasteiger charge is -2.19. The first-order chi connectivity index (χ1) is 10.2. The van der Waals surface area contributed by atoms with Crippen molar-refractivity contribution in [2.75, 3.05) is 18.5 Å². The first-order valence-electron chi connectivity index (χ1n) is 7.30. The molecule has 2 rings (SSSR count). The Morgan fingerprint density at radius 2 is 2.05 bits per heavy atom. The van der Waals surface area contributed by atoms with E-state index in [9.17, 15) is 4.39 Å². The van der Waals surface area contributed by atoms with Gasteiger partial charge in [-0.15, -0.1) is 0 Å². The third-order valence-electron chi connectivity index (χ3n) is 3.27. The van der Waals surface area contributed by atoms with E-state index < -0.39 is 0 Å². The molecule has 0 spiro atoms. The van der Waals surface area contributed by atoms with E-state index in [4.69, 9.17) is 0 Å². The molecule has 1 aromatic heterocycles. The quantitative estimate of drug-likeness (QED) is 0.792. The van der Waals surface area contributed by atoms with Crippen LogP contribution in [0.15, 0.2) is 42.6 Å². The Labute approximate surface area is 125 Å². The average Bonchev–Trinajstić information content (AvgIpc) is 2.48. The van der Waals surface area contributed by atoms with Crippen molar-refractivity contribution in [3.63, 3.8) is 0 Å². The van der Waals surface area contributed by atoms with E-state index in [1.165, 1.54) is 11.6 Å². The molecule has 0 saturated carbocycles. The van der Waals surface area contributed by atoms with Crippen LogP contribution in [0.5, 0.6) is 0 Å². The van der Waals surface area contributed by atoms with E-state index in [2.05, 4.69) is 23.3 Å². The molecule has 4 heteroatoms. The van der Waals surface area contributed by atoms with Crippen molar-refractivity contribution in [2.24, 2.45) is 0 Å². The van der Waals surface area contributed by atoms with Gasteiger partial charge < -0.3 is 10.2 Å². The molecule has 0 amide bonds. The van der Waals surface area contributed by atoms with Gasteiger partial charge >= 0.3 is 0 Å². The first kappa shape index (κ1) is 15.4. The largest absolute Gasteiger partial charge is 0.355 e. The molecule has 0 atom stereocenters.